The van der Waals surface area contributed by atoms with Gasteiger partial charge in [-0.3, -0.25) is 0 Å². The molecule has 0 heterocycles. The van der Waals surface area contributed by atoms with Crippen molar-refractivity contribution in [1.29, 1.82) is 0 Å². The molecule has 3 nitrogen and oxygen atoms in total. The Morgan fingerprint density at radius 1 is 1.75 bits per heavy atom. The Morgan fingerprint density at radius 2 is 2.50 bits per heavy atom. The van der Waals surface area contributed by atoms with Gasteiger partial charge in [0.05, 0.1) is 0 Å². The fourth-order valence-corrected chi connectivity index (χ4v) is 1.55. The lowest BCUT2D eigenvalue weighted by atomic mass is 9.88. The Kier molecular flexibility index (Phi) is 3.14. The largest absolute Gasteiger partial charge is 0.386 e. The summed E-state index contributed by atoms with van der Waals surface area (Å²) in [6, 6.07) is 0. The zero-order valence-electron chi connectivity index (χ0n) is 7.59. The van der Waals surface area contributed by atoms with Crippen LogP contribution in [0.3, 0.4) is 0 Å². The summed E-state index contributed by atoms with van der Waals surface area (Å²) in [6.45, 7) is 2.18. The highest BCUT2D eigenvalue weighted by Crippen LogP contribution is 2.25. The van der Waals surface area contributed by atoms with Crippen LogP contribution >= 0.6 is 0 Å². The maximum Gasteiger partial charge on any atom is 0.119 e. The second-order valence-electron chi connectivity index (χ2n) is 3.52. The molecule has 4 N–H and O–H groups in total. The molecule has 12 heavy (non-hydrogen) atoms. The van der Waals surface area contributed by atoms with E-state index in [2.05, 4.69) is 18.1 Å². The first-order chi connectivity index (χ1) is 5.72. The molecule has 1 atom stereocenters. The second-order valence-corrected chi connectivity index (χ2v) is 3.52. The molecule has 1 unspecified atom stereocenters. The fourth-order valence-electron chi connectivity index (χ4n) is 1.55. The van der Waals surface area contributed by atoms with Gasteiger partial charge in [0, 0.05) is 6.42 Å². The van der Waals surface area contributed by atoms with Crippen molar-refractivity contribution < 1.29 is 0 Å². The molecule has 0 bridgehead atoms. The van der Waals surface area contributed by atoms with E-state index in [0.717, 1.165) is 12.8 Å². The molecule has 1 aliphatic carbocycles. The Morgan fingerprint density at radius 3 is 3.00 bits per heavy atom. The molecule has 0 fully saturated rings. The summed E-state index contributed by atoms with van der Waals surface area (Å²) in [6.07, 6.45) is 6.68. The Hall–Kier alpha value is -0.990. The molecule has 1 rings (SSSR count). The number of hydrazone groups is 1. The van der Waals surface area contributed by atoms with Crippen molar-refractivity contribution in [3.05, 3.63) is 11.6 Å². The van der Waals surface area contributed by atoms with Crippen molar-refractivity contribution in [2.24, 2.45) is 22.6 Å². The van der Waals surface area contributed by atoms with E-state index in [0.29, 0.717) is 11.8 Å². The molecule has 0 aliphatic heterocycles. The monoisotopic (exact) mass is 167 g/mol. The van der Waals surface area contributed by atoms with Crippen molar-refractivity contribution in [3.63, 3.8) is 0 Å². The summed E-state index contributed by atoms with van der Waals surface area (Å²) in [5, 5.41) is 3.48. The molecule has 1 aliphatic rings. The summed E-state index contributed by atoms with van der Waals surface area (Å²) in [7, 11) is 0. The van der Waals surface area contributed by atoms with E-state index in [1.807, 2.05) is 0 Å². The van der Waals surface area contributed by atoms with Gasteiger partial charge in [0.15, 0.2) is 0 Å². The number of hydrogen-bond donors (Lipinski definition) is 2. The van der Waals surface area contributed by atoms with Gasteiger partial charge in [-0.1, -0.05) is 11.6 Å². The highest BCUT2D eigenvalue weighted by Gasteiger charge is 2.13. The van der Waals surface area contributed by atoms with Crippen molar-refractivity contribution in [2.75, 3.05) is 0 Å². The number of hydrogen-bond acceptors (Lipinski definition) is 2. The lowest BCUT2D eigenvalue weighted by Gasteiger charge is -2.19. The summed E-state index contributed by atoms with van der Waals surface area (Å²) in [4.78, 5) is 0. The predicted octanol–water partition coefficient (Wildman–Crippen LogP) is 1.35. The van der Waals surface area contributed by atoms with Crippen LogP contribution in [-0.2, 0) is 0 Å². The average Bonchev–Trinajstić information content (AvgIpc) is 2.09. The Balaban J connectivity index is 2.37. The highest BCUT2D eigenvalue weighted by molar-refractivity contribution is 5.80. The zero-order chi connectivity index (χ0) is 8.97. The summed E-state index contributed by atoms with van der Waals surface area (Å²) >= 11 is 0. The summed E-state index contributed by atoms with van der Waals surface area (Å²) < 4.78 is 0. The van der Waals surface area contributed by atoms with Crippen LogP contribution in [-0.4, -0.2) is 5.84 Å². The molecule has 0 saturated heterocycles. The molecule has 3 heteroatoms. The smallest absolute Gasteiger partial charge is 0.119 e. The first-order valence-electron chi connectivity index (χ1n) is 4.40. The second kappa shape index (κ2) is 4.14. The van der Waals surface area contributed by atoms with Crippen molar-refractivity contribution >= 4 is 5.84 Å². The van der Waals surface area contributed by atoms with Crippen LogP contribution in [0.2, 0.25) is 0 Å². The van der Waals surface area contributed by atoms with Crippen LogP contribution in [0.1, 0.15) is 32.6 Å². The van der Waals surface area contributed by atoms with Crippen LogP contribution in [0.15, 0.2) is 16.8 Å². The maximum absolute atomic E-state index is 5.54. The van der Waals surface area contributed by atoms with E-state index in [4.69, 9.17) is 11.6 Å². The third kappa shape index (κ3) is 2.57. The normalized spacial score (nSPS) is 25.2. The third-order valence-corrected chi connectivity index (χ3v) is 2.41. The number of rotatable bonds is 2. The van der Waals surface area contributed by atoms with Gasteiger partial charge in [-0.25, -0.2) is 0 Å². The number of nitrogens with zero attached hydrogens (tertiary/aromatic N) is 1. The van der Waals surface area contributed by atoms with Gasteiger partial charge in [0.2, 0.25) is 0 Å². The van der Waals surface area contributed by atoms with Gasteiger partial charge >= 0.3 is 0 Å². The predicted molar refractivity (Wildman–Crippen MR) is 51.5 cm³/mol. The topological polar surface area (TPSA) is 64.4 Å². The van der Waals surface area contributed by atoms with Gasteiger partial charge < -0.3 is 11.6 Å². The SMILES string of the molecule is CC1=CCC(CC(N)=NN)CC1. The van der Waals surface area contributed by atoms with Crippen molar-refractivity contribution in [3.8, 4) is 0 Å². The Labute approximate surface area is 73.5 Å². The van der Waals surface area contributed by atoms with E-state index < -0.39 is 0 Å². The van der Waals surface area contributed by atoms with Gasteiger partial charge in [0.1, 0.15) is 5.84 Å². The first kappa shape index (κ1) is 9.10. The fraction of sp³-hybridized carbons (Fsp3) is 0.667. The van der Waals surface area contributed by atoms with E-state index >= 15 is 0 Å². The van der Waals surface area contributed by atoms with Crippen LogP contribution in [0.4, 0.5) is 0 Å². The molecular weight excluding hydrogens is 150 g/mol. The van der Waals surface area contributed by atoms with Gasteiger partial charge in [-0.2, -0.15) is 5.10 Å². The molecule has 0 aromatic carbocycles. The molecule has 0 radical (unpaired) electrons. The lowest BCUT2D eigenvalue weighted by Crippen LogP contribution is -2.19. The maximum atomic E-state index is 5.54. The van der Waals surface area contributed by atoms with Gasteiger partial charge in [0.25, 0.3) is 0 Å². The minimum atomic E-state index is 0.577. The molecular formula is C9H17N3. The van der Waals surface area contributed by atoms with Crippen LogP contribution in [0, 0.1) is 5.92 Å². The quantitative estimate of drug-likeness (QED) is 0.214. The van der Waals surface area contributed by atoms with E-state index in [-0.39, 0.29) is 0 Å². The summed E-state index contributed by atoms with van der Waals surface area (Å²) in [5.74, 6) is 6.29. The molecule has 0 spiro atoms. The van der Waals surface area contributed by atoms with E-state index in [1.54, 1.807) is 0 Å². The van der Waals surface area contributed by atoms with Crippen LogP contribution in [0.25, 0.3) is 0 Å². The van der Waals surface area contributed by atoms with Crippen molar-refractivity contribution in [2.45, 2.75) is 32.6 Å². The molecule has 0 saturated carbocycles. The van der Waals surface area contributed by atoms with Gasteiger partial charge in [-0.05, 0) is 32.1 Å². The number of allylic oxidation sites excluding steroid dienone is 2. The number of amidine groups is 1. The van der Waals surface area contributed by atoms with Gasteiger partial charge in [-0.15, -0.1) is 0 Å². The molecule has 0 aromatic heterocycles. The molecule has 0 amide bonds. The molecule has 68 valence electrons. The minimum absolute atomic E-state index is 0.577. The third-order valence-electron chi connectivity index (χ3n) is 2.41. The molecule has 0 aromatic rings. The van der Waals surface area contributed by atoms with Crippen molar-refractivity contribution in [1.82, 2.24) is 0 Å². The van der Waals surface area contributed by atoms with Crippen LogP contribution in [0.5, 0.6) is 0 Å². The standard InChI is InChI=1S/C9H17N3/c1-7-2-4-8(5-3-7)6-9(10)12-11/h2,8H,3-6,11H2,1H3,(H2,10,12). The highest BCUT2D eigenvalue weighted by atomic mass is 15.1. The van der Waals surface area contributed by atoms with E-state index in [1.165, 1.54) is 18.4 Å². The first-order valence-corrected chi connectivity index (χ1v) is 4.40. The average molecular weight is 167 g/mol. The summed E-state index contributed by atoms with van der Waals surface area (Å²) in [5.41, 5.74) is 7.04. The number of nitrogens with two attached hydrogens (primary N) is 2. The van der Waals surface area contributed by atoms with Crippen LogP contribution < -0.4 is 11.6 Å². The van der Waals surface area contributed by atoms with E-state index in [9.17, 15) is 0 Å². The Bertz CT molecular complexity index is 206. The minimum Gasteiger partial charge on any atom is -0.386 e. The zero-order valence-corrected chi connectivity index (χ0v) is 7.59. The lowest BCUT2D eigenvalue weighted by molar-refractivity contribution is 0.485.